The van der Waals surface area contributed by atoms with Gasteiger partial charge in [0.25, 0.3) is 0 Å². The van der Waals surface area contributed by atoms with E-state index in [0.29, 0.717) is 17.7 Å². The van der Waals surface area contributed by atoms with Gasteiger partial charge in [-0.2, -0.15) is 5.10 Å². The summed E-state index contributed by atoms with van der Waals surface area (Å²) in [4.78, 5) is 0. The van der Waals surface area contributed by atoms with Crippen molar-refractivity contribution in [2.24, 2.45) is 7.05 Å². The van der Waals surface area contributed by atoms with E-state index in [2.05, 4.69) is 23.4 Å². The average Bonchev–Trinajstić information content (AvgIpc) is 2.87. The number of nitrogens with one attached hydrogen (secondary N) is 1. The summed E-state index contributed by atoms with van der Waals surface area (Å²) in [6, 6.07) is 9.88. The Morgan fingerprint density at radius 1 is 1.38 bits per heavy atom. The monoisotopic (exact) mass is 307 g/mol. The number of benzene rings is 1. The molecule has 0 spiro atoms. The summed E-state index contributed by atoms with van der Waals surface area (Å²) in [5, 5.41) is 8.35. The third kappa shape index (κ3) is 5.06. The third-order valence-corrected chi connectivity index (χ3v) is 3.65. The molecule has 114 valence electrons. The Morgan fingerprint density at radius 3 is 2.90 bits per heavy atom. The maximum absolute atomic E-state index is 5.96. The zero-order valence-electron chi connectivity index (χ0n) is 12.6. The quantitative estimate of drug-likeness (QED) is 0.814. The van der Waals surface area contributed by atoms with Gasteiger partial charge in [-0.1, -0.05) is 24.6 Å². The molecule has 1 N–H and O–H groups in total. The molecule has 0 radical (unpaired) electrons. The van der Waals surface area contributed by atoms with Gasteiger partial charge < -0.3 is 10.1 Å². The second-order valence-electron chi connectivity index (χ2n) is 5.01. The Balaban J connectivity index is 1.85. The van der Waals surface area contributed by atoms with Crippen molar-refractivity contribution >= 4 is 11.6 Å². The molecule has 21 heavy (non-hydrogen) atoms. The second kappa shape index (κ2) is 8.05. The largest absolute Gasteiger partial charge is 0.492 e. The second-order valence-corrected chi connectivity index (χ2v) is 5.44. The number of rotatable bonds is 8. The maximum Gasteiger partial charge on any atom is 0.120 e. The van der Waals surface area contributed by atoms with Gasteiger partial charge in [0.1, 0.15) is 12.4 Å². The molecule has 4 nitrogen and oxygen atoms in total. The molecule has 1 aromatic carbocycles. The van der Waals surface area contributed by atoms with Crippen LogP contribution in [0.3, 0.4) is 0 Å². The molecule has 5 heteroatoms. The molecule has 0 amide bonds. The Labute approximate surface area is 131 Å². The molecule has 1 atom stereocenters. The van der Waals surface area contributed by atoms with E-state index in [-0.39, 0.29) is 0 Å². The maximum atomic E-state index is 5.96. The Hall–Kier alpha value is -1.52. The number of ether oxygens (including phenoxy) is 1. The van der Waals surface area contributed by atoms with Crippen LogP contribution in [-0.2, 0) is 13.5 Å². The minimum Gasteiger partial charge on any atom is -0.492 e. The summed E-state index contributed by atoms with van der Waals surface area (Å²) in [5.74, 6) is 0.811. The van der Waals surface area contributed by atoms with Crippen LogP contribution in [0.5, 0.6) is 5.75 Å². The molecule has 0 aliphatic rings. The molecular formula is C16H22ClN3O. The molecular weight excluding hydrogens is 286 g/mol. The first-order valence-electron chi connectivity index (χ1n) is 7.27. The molecule has 0 saturated heterocycles. The molecule has 0 aliphatic carbocycles. The van der Waals surface area contributed by atoms with E-state index < -0.39 is 0 Å². The fourth-order valence-corrected chi connectivity index (χ4v) is 2.44. The van der Waals surface area contributed by atoms with Crippen LogP contribution < -0.4 is 10.1 Å². The van der Waals surface area contributed by atoms with Gasteiger partial charge in [0, 0.05) is 30.0 Å². The van der Waals surface area contributed by atoms with Gasteiger partial charge in [0.15, 0.2) is 0 Å². The minimum absolute atomic E-state index is 0.309. The van der Waals surface area contributed by atoms with E-state index in [4.69, 9.17) is 16.3 Å². The lowest BCUT2D eigenvalue weighted by Gasteiger charge is -2.18. The molecule has 0 saturated carbocycles. The van der Waals surface area contributed by atoms with Crippen LogP contribution in [0.25, 0.3) is 0 Å². The van der Waals surface area contributed by atoms with E-state index in [1.54, 1.807) is 0 Å². The smallest absolute Gasteiger partial charge is 0.120 e. The molecule has 2 aromatic rings. The number of nitrogens with zero attached hydrogens (tertiary/aromatic N) is 2. The Bertz CT molecular complexity index is 556. The SMILES string of the molecule is CCNC(CCc1ccnn1C)COc1cccc(Cl)c1. The highest BCUT2D eigenvalue weighted by atomic mass is 35.5. The van der Waals surface area contributed by atoms with Gasteiger partial charge in [-0.25, -0.2) is 0 Å². The third-order valence-electron chi connectivity index (χ3n) is 3.41. The van der Waals surface area contributed by atoms with Gasteiger partial charge in [0.2, 0.25) is 0 Å². The number of likely N-dealkylation sites (N-methyl/N-ethyl adjacent to an activating group) is 1. The molecule has 2 rings (SSSR count). The number of aryl methyl sites for hydroxylation is 2. The van der Waals surface area contributed by atoms with E-state index in [9.17, 15) is 0 Å². The Morgan fingerprint density at radius 2 is 2.24 bits per heavy atom. The summed E-state index contributed by atoms with van der Waals surface area (Å²) in [6.07, 6.45) is 3.82. The van der Waals surface area contributed by atoms with E-state index in [1.165, 1.54) is 5.69 Å². The zero-order valence-corrected chi connectivity index (χ0v) is 13.3. The van der Waals surface area contributed by atoms with Crippen LogP contribution in [0.4, 0.5) is 0 Å². The van der Waals surface area contributed by atoms with Gasteiger partial charge in [-0.3, -0.25) is 4.68 Å². The highest BCUT2D eigenvalue weighted by Crippen LogP contribution is 2.17. The van der Waals surface area contributed by atoms with Crippen LogP contribution in [0.1, 0.15) is 19.0 Å². The van der Waals surface area contributed by atoms with Gasteiger partial charge in [0.05, 0.1) is 0 Å². The van der Waals surface area contributed by atoms with Crippen molar-refractivity contribution in [2.45, 2.75) is 25.8 Å². The predicted octanol–water partition coefficient (Wildman–Crippen LogP) is 3.06. The number of aromatic nitrogens is 2. The van der Waals surface area contributed by atoms with Crippen molar-refractivity contribution in [3.05, 3.63) is 47.2 Å². The van der Waals surface area contributed by atoms with E-state index >= 15 is 0 Å². The lowest BCUT2D eigenvalue weighted by atomic mass is 10.1. The van der Waals surface area contributed by atoms with Crippen molar-refractivity contribution in [2.75, 3.05) is 13.2 Å². The summed E-state index contributed by atoms with van der Waals surface area (Å²) in [6.45, 7) is 3.66. The molecule has 1 unspecified atom stereocenters. The van der Waals surface area contributed by atoms with Crippen molar-refractivity contribution < 1.29 is 4.74 Å². The molecule has 0 fully saturated rings. The first-order valence-corrected chi connectivity index (χ1v) is 7.65. The van der Waals surface area contributed by atoms with Gasteiger partial charge in [-0.05, 0) is 43.7 Å². The molecule has 0 aliphatic heterocycles. The highest BCUT2D eigenvalue weighted by molar-refractivity contribution is 6.30. The predicted molar refractivity (Wildman–Crippen MR) is 85.9 cm³/mol. The Kier molecular flexibility index (Phi) is 6.08. The van der Waals surface area contributed by atoms with Crippen molar-refractivity contribution in [1.82, 2.24) is 15.1 Å². The van der Waals surface area contributed by atoms with Crippen molar-refractivity contribution in [1.29, 1.82) is 0 Å². The van der Waals surface area contributed by atoms with E-state index in [0.717, 1.165) is 25.1 Å². The van der Waals surface area contributed by atoms with Crippen molar-refractivity contribution in [3.63, 3.8) is 0 Å². The average molecular weight is 308 g/mol. The molecule has 0 bridgehead atoms. The zero-order chi connectivity index (χ0) is 15.1. The van der Waals surface area contributed by atoms with Gasteiger partial charge in [-0.15, -0.1) is 0 Å². The standard InChI is InChI=1S/C16H22ClN3O/c1-3-18-14(7-8-15-9-10-19-20(15)2)12-21-16-6-4-5-13(17)11-16/h4-6,9-11,14,18H,3,7-8,12H2,1-2H3. The fraction of sp³-hybridized carbons (Fsp3) is 0.438. The summed E-state index contributed by atoms with van der Waals surface area (Å²) < 4.78 is 7.75. The molecule has 1 aromatic heterocycles. The topological polar surface area (TPSA) is 39.1 Å². The number of hydrogen-bond donors (Lipinski definition) is 1. The van der Waals surface area contributed by atoms with Crippen LogP contribution in [0, 0.1) is 0 Å². The summed E-state index contributed by atoms with van der Waals surface area (Å²) >= 11 is 5.96. The minimum atomic E-state index is 0.309. The number of hydrogen-bond acceptors (Lipinski definition) is 3. The summed E-state index contributed by atoms with van der Waals surface area (Å²) in [7, 11) is 1.97. The number of halogens is 1. The van der Waals surface area contributed by atoms with Crippen LogP contribution in [-0.4, -0.2) is 29.0 Å². The first kappa shape index (κ1) is 15.9. The highest BCUT2D eigenvalue weighted by Gasteiger charge is 2.10. The fourth-order valence-electron chi connectivity index (χ4n) is 2.26. The molecule has 1 heterocycles. The van der Waals surface area contributed by atoms with E-state index in [1.807, 2.05) is 42.2 Å². The van der Waals surface area contributed by atoms with Crippen LogP contribution in [0.15, 0.2) is 36.5 Å². The van der Waals surface area contributed by atoms with Crippen molar-refractivity contribution in [3.8, 4) is 5.75 Å². The normalized spacial score (nSPS) is 12.3. The van der Waals surface area contributed by atoms with Crippen LogP contribution >= 0.6 is 11.6 Å². The van der Waals surface area contributed by atoms with Crippen LogP contribution in [0.2, 0.25) is 5.02 Å². The lowest BCUT2D eigenvalue weighted by molar-refractivity contribution is 0.258. The summed E-state index contributed by atoms with van der Waals surface area (Å²) in [5.41, 5.74) is 1.24. The lowest BCUT2D eigenvalue weighted by Crippen LogP contribution is -2.35. The van der Waals surface area contributed by atoms with Gasteiger partial charge >= 0.3 is 0 Å². The first-order chi connectivity index (χ1) is 10.2.